The van der Waals surface area contributed by atoms with E-state index in [0.717, 1.165) is 5.69 Å². The summed E-state index contributed by atoms with van der Waals surface area (Å²) in [6, 6.07) is 9.29. The Balaban J connectivity index is 0.00000312. The molecule has 3 amide bonds. The molecular formula is C16H25Cl2N5O3. The number of para-hydroxylation sites is 1. The Morgan fingerprint density at radius 2 is 1.58 bits per heavy atom. The van der Waals surface area contributed by atoms with Crippen LogP contribution in [0.25, 0.3) is 0 Å². The van der Waals surface area contributed by atoms with Gasteiger partial charge in [-0.3, -0.25) is 19.3 Å². The number of carbonyl (C=O) groups is 3. The minimum absolute atomic E-state index is 0. The highest BCUT2D eigenvalue weighted by atomic mass is 35.5. The van der Waals surface area contributed by atoms with E-state index >= 15 is 0 Å². The first-order valence-electron chi connectivity index (χ1n) is 7.90. The fraction of sp³-hybridized carbons (Fsp3) is 0.438. The van der Waals surface area contributed by atoms with Crippen molar-refractivity contribution >= 4 is 48.2 Å². The highest BCUT2D eigenvalue weighted by molar-refractivity contribution is 5.92. The molecular weight excluding hydrogens is 381 g/mol. The molecule has 1 heterocycles. The highest BCUT2D eigenvalue weighted by Gasteiger charge is 2.22. The van der Waals surface area contributed by atoms with Crippen molar-refractivity contribution in [1.82, 2.24) is 15.1 Å². The largest absolute Gasteiger partial charge is 0.346 e. The van der Waals surface area contributed by atoms with Gasteiger partial charge in [-0.15, -0.1) is 24.8 Å². The first kappa shape index (κ1) is 24.1. The molecule has 1 aliphatic rings. The van der Waals surface area contributed by atoms with Crippen LogP contribution in [0.1, 0.15) is 0 Å². The van der Waals surface area contributed by atoms with Crippen LogP contribution in [0.15, 0.2) is 30.3 Å². The van der Waals surface area contributed by atoms with Gasteiger partial charge in [-0.1, -0.05) is 18.2 Å². The lowest BCUT2D eigenvalue weighted by atomic mass is 10.3. The SMILES string of the molecule is Cl.Cl.NCC(=O)NCC(=O)N1CCN(CC(=O)Nc2ccccc2)CC1. The molecule has 0 radical (unpaired) electrons. The lowest BCUT2D eigenvalue weighted by Gasteiger charge is -2.34. The third kappa shape index (κ3) is 8.01. The first-order chi connectivity index (χ1) is 11.6. The van der Waals surface area contributed by atoms with Crippen molar-refractivity contribution in [2.24, 2.45) is 5.73 Å². The number of rotatable bonds is 6. The summed E-state index contributed by atoms with van der Waals surface area (Å²) >= 11 is 0. The number of hydrogen-bond acceptors (Lipinski definition) is 5. The van der Waals surface area contributed by atoms with E-state index in [4.69, 9.17) is 5.73 Å². The molecule has 1 fully saturated rings. The van der Waals surface area contributed by atoms with Gasteiger partial charge in [0, 0.05) is 31.9 Å². The average Bonchev–Trinajstić information content (AvgIpc) is 2.60. The number of piperazine rings is 1. The van der Waals surface area contributed by atoms with Crippen molar-refractivity contribution in [2.45, 2.75) is 0 Å². The highest BCUT2D eigenvalue weighted by Crippen LogP contribution is 2.06. The number of carbonyl (C=O) groups excluding carboxylic acids is 3. The molecule has 1 aromatic carbocycles. The van der Waals surface area contributed by atoms with E-state index in [1.807, 2.05) is 35.2 Å². The van der Waals surface area contributed by atoms with Gasteiger partial charge in [-0.2, -0.15) is 0 Å². The Kier molecular flexibility index (Phi) is 11.6. The zero-order valence-electron chi connectivity index (χ0n) is 14.3. The summed E-state index contributed by atoms with van der Waals surface area (Å²) in [6.45, 7) is 2.45. The molecule has 26 heavy (non-hydrogen) atoms. The minimum atomic E-state index is -0.348. The van der Waals surface area contributed by atoms with Crippen LogP contribution in [-0.4, -0.2) is 73.3 Å². The second-order valence-electron chi connectivity index (χ2n) is 5.55. The molecule has 10 heteroatoms. The zero-order chi connectivity index (χ0) is 17.4. The number of hydrogen-bond donors (Lipinski definition) is 3. The molecule has 1 saturated heterocycles. The van der Waals surface area contributed by atoms with Crippen LogP contribution in [0.4, 0.5) is 5.69 Å². The van der Waals surface area contributed by atoms with Gasteiger partial charge in [0.1, 0.15) is 0 Å². The molecule has 1 aromatic rings. The third-order valence-electron chi connectivity index (χ3n) is 3.77. The van der Waals surface area contributed by atoms with Crippen LogP contribution in [0.2, 0.25) is 0 Å². The Morgan fingerprint density at radius 3 is 2.15 bits per heavy atom. The van der Waals surface area contributed by atoms with E-state index in [1.165, 1.54) is 0 Å². The molecule has 4 N–H and O–H groups in total. The van der Waals surface area contributed by atoms with E-state index in [2.05, 4.69) is 10.6 Å². The van der Waals surface area contributed by atoms with E-state index in [9.17, 15) is 14.4 Å². The molecule has 146 valence electrons. The van der Waals surface area contributed by atoms with E-state index in [1.54, 1.807) is 4.90 Å². The van der Waals surface area contributed by atoms with Gasteiger partial charge in [-0.25, -0.2) is 0 Å². The van der Waals surface area contributed by atoms with Crippen molar-refractivity contribution in [3.05, 3.63) is 30.3 Å². The Hall–Kier alpha value is -1.87. The second-order valence-corrected chi connectivity index (χ2v) is 5.55. The Bertz CT molecular complexity index is 581. The summed E-state index contributed by atoms with van der Waals surface area (Å²) in [5, 5.41) is 5.31. The molecule has 0 saturated carbocycles. The van der Waals surface area contributed by atoms with Crippen LogP contribution >= 0.6 is 24.8 Å². The normalized spacial score (nSPS) is 13.8. The lowest BCUT2D eigenvalue weighted by Crippen LogP contribution is -2.52. The maximum atomic E-state index is 12.0. The zero-order valence-corrected chi connectivity index (χ0v) is 16.0. The first-order valence-corrected chi connectivity index (χ1v) is 7.90. The molecule has 8 nitrogen and oxygen atoms in total. The van der Waals surface area contributed by atoms with Gasteiger partial charge < -0.3 is 21.3 Å². The fourth-order valence-electron chi connectivity index (χ4n) is 2.44. The molecule has 0 aliphatic carbocycles. The molecule has 2 rings (SSSR count). The number of halogens is 2. The smallest absolute Gasteiger partial charge is 0.242 e. The predicted molar refractivity (Wildman–Crippen MR) is 105 cm³/mol. The summed E-state index contributed by atoms with van der Waals surface area (Å²) < 4.78 is 0. The maximum absolute atomic E-state index is 12.0. The van der Waals surface area contributed by atoms with Crippen molar-refractivity contribution in [3.8, 4) is 0 Å². The number of nitrogens with zero attached hydrogens (tertiary/aromatic N) is 2. The van der Waals surface area contributed by atoms with Crippen molar-refractivity contribution in [3.63, 3.8) is 0 Å². The Labute approximate surface area is 165 Å². The van der Waals surface area contributed by atoms with Gasteiger partial charge in [0.25, 0.3) is 0 Å². The van der Waals surface area contributed by atoms with Crippen LogP contribution in [0.5, 0.6) is 0 Å². The van der Waals surface area contributed by atoms with Gasteiger partial charge in [0.15, 0.2) is 0 Å². The molecule has 0 bridgehead atoms. The topological polar surface area (TPSA) is 108 Å². The monoisotopic (exact) mass is 405 g/mol. The van der Waals surface area contributed by atoms with Crippen molar-refractivity contribution in [2.75, 3.05) is 51.1 Å². The number of amides is 3. The Morgan fingerprint density at radius 1 is 0.962 bits per heavy atom. The predicted octanol–water partition coefficient (Wildman–Crippen LogP) is -0.312. The van der Waals surface area contributed by atoms with Gasteiger partial charge in [0.2, 0.25) is 17.7 Å². The molecule has 1 aliphatic heterocycles. The summed E-state index contributed by atoms with van der Waals surface area (Å²) in [6.07, 6.45) is 0. The van der Waals surface area contributed by atoms with Crippen molar-refractivity contribution in [1.29, 1.82) is 0 Å². The van der Waals surface area contributed by atoms with E-state index in [0.29, 0.717) is 32.7 Å². The summed E-state index contributed by atoms with van der Waals surface area (Å²) in [7, 11) is 0. The average molecular weight is 406 g/mol. The van der Waals surface area contributed by atoms with Crippen LogP contribution < -0.4 is 16.4 Å². The fourth-order valence-corrected chi connectivity index (χ4v) is 2.44. The number of benzene rings is 1. The third-order valence-corrected chi connectivity index (χ3v) is 3.77. The number of nitrogens with one attached hydrogen (secondary N) is 2. The standard InChI is InChI=1S/C16H23N5O3.2ClH/c17-10-14(22)18-11-16(24)21-8-6-20(7-9-21)12-15(23)19-13-4-2-1-3-5-13;;/h1-5H,6-12,17H2,(H,18,22)(H,19,23);2*1H. The summed E-state index contributed by atoms with van der Waals surface area (Å²) in [4.78, 5) is 38.7. The van der Waals surface area contributed by atoms with Gasteiger partial charge in [0.05, 0.1) is 19.6 Å². The van der Waals surface area contributed by atoms with Crippen LogP contribution in [-0.2, 0) is 14.4 Å². The molecule has 0 unspecified atom stereocenters. The summed E-state index contributed by atoms with van der Waals surface area (Å²) in [5.41, 5.74) is 5.95. The molecule has 0 aromatic heterocycles. The lowest BCUT2D eigenvalue weighted by molar-refractivity contribution is -0.134. The van der Waals surface area contributed by atoms with Crippen molar-refractivity contribution < 1.29 is 14.4 Å². The van der Waals surface area contributed by atoms with E-state index < -0.39 is 0 Å². The second kappa shape index (κ2) is 12.5. The minimum Gasteiger partial charge on any atom is -0.346 e. The molecule has 0 atom stereocenters. The van der Waals surface area contributed by atoms with Gasteiger partial charge in [-0.05, 0) is 12.1 Å². The van der Waals surface area contributed by atoms with E-state index in [-0.39, 0.29) is 55.6 Å². The van der Waals surface area contributed by atoms with Gasteiger partial charge >= 0.3 is 0 Å². The number of nitrogens with two attached hydrogens (primary N) is 1. The van der Waals surface area contributed by atoms with Crippen LogP contribution in [0.3, 0.4) is 0 Å². The maximum Gasteiger partial charge on any atom is 0.242 e. The quantitative estimate of drug-likeness (QED) is 0.601. The molecule has 0 spiro atoms. The summed E-state index contributed by atoms with van der Waals surface area (Å²) in [5.74, 6) is -0.555. The number of anilines is 1. The van der Waals surface area contributed by atoms with Crippen LogP contribution in [0, 0.1) is 0 Å².